The Morgan fingerprint density at radius 1 is 0.929 bits per heavy atom. The first-order valence-electron chi connectivity index (χ1n) is 8.51. The molecule has 0 saturated heterocycles. The molecule has 1 N–H and O–H groups in total. The van der Waals surface area contributed by atoms with Gasteiger partial charge in [-0.05, 0) is 42.0 Å². The zero-order valence-electron chi connectivity index (χ0n) is 14.7. The van der Waals surface area contributed by atoms with E-state index in [1.165, 1.54) is 6.33 Å². The number of hydrogen-bond donors (Lipinski definition) is 1. The molecule has 0 bridgehead atoms. The van der Waals surface area contributed by atoms with Crippen LogP contribution in [0.2, 0.25) is 0 Å². The molecule has 8 heteroatoms. The van der Waals surface area contributed by atoms with E-state index in [9.17, 15) is 13.2 Å². The quantitative estimate of drug-likeness (QED) is 0.563. The van der Waals surface area contributed by atoms with E-state index in [0.29, 0.717) is 11.2 Å². The van der Waals surface area contributed by atoms with Crippen LogP contribution in [-0.4, -0.2) is 28.9 Å². The van der Waals surface area contributed by atoms with Gasteiger partial charge in [0, 0.05) is 12.7 Å². The van der Waals surface area contributed by atoms with Gasteiger partial charge in [-0.25, -0.2) is 8.42 Å². The highest BCUT2D eigenvalue weighted by Gasteiger charge is 2.16. The normalized spacial score (nSPS) is 11.4. The van der Waals surface area contributed by atoms with Gasteiger partial charge in [-0.15, -0.1) is 10.2 Å². The SMILES string of the molecule is O=C(NCc1ccc(S(=O)(=O)c2ccccc2)cc1)c1ccc2nncn2c1. The lowest BCUT2D eigenvalue weighted by molar-refractivity contribution is 0.0950. The van der Waals surface area contributed by atoms with Crippen molar-refractivity contribution >= 4 is 21.4 Å². The van der Waals surface area contributed by atoms with Crippen molar-refractivity contribution in [2.75, 3.05) is 0 Å². The van der Waals surface area contributed by atoms with Crippen molar-refractivity contribution in [2.45, 2.75) is 16.3 Å². The largest absolute Gasteiger partial charge is 0.348 e. The van der Waals surface area contributed by atoms with Crippen LogP contribution >= 0.6 is 0 Å². The summed E-state index contributed by atoms with van der Waals surface area (Å²) in [4.78, 5) is 12.8. The molecule has 0 unspecified atom stereocenters. The molecule has 0 radical (unpaired) electrons. The van der Waals surface area contributed by atoms with Crippen molar-refractivity contribution in [3.05, 3.63) is 90.4 Å². The summed E-state index contributed by atoms with van der Waals surface area (Å²) in [5.74, 6) is -0.239. The van der Waals surface area contributed by atoms with E-state index in [0.717, 1.165) is 5.56 Å². The zero-order valence-corrected chi connectivity index (χ0v) is 15.5. The molecule has 2 aromatic heterocycles. The average Bonchev–Trinajstić information content (AvgIpc) is 3.21. The van der Waals surface area contributed by atoms with Gasteiger partial charge in [0.1, 0.15) is 6.33 Å². The third-order valence-electron chi connectivity index (χ3n) is 4.29. The standard InChI is InChI=1S/C20H16N4O3S/c25-20(16-8-11-19-23-22-14-24(19)13-16)21-12-15-6-9-18(10-7-15)28(26,27)17-4-2-1-3-5-17/h1-11,13-14H,12H2,(H,21,25). The van der Waals surface area contributed by atoms with Crippen molar-refractivity contribution in [2.24, 2.45) is 0 Å². The number of sulfone groups is 1. The van der Waals surface area contributed by atoms with Gasteiger partial charge in [0.25, 0.3) is 5.91 Å². The van der Waals surface area contributed by atoms with Gasteiger partial charge in [-0.1, -0.05) is 30.3 Å². The minimum atomic E-state index is -3.55. The fourth-order valence-electron chi connectivity index (χ4n) is 2.77. The fourth-order valence-corrected chi connectivity index (χ4v) is 4.05. The maximum atomic E-state index is 12.6. The number of amides is 1. The van der Waals surface area contributed by atoms with Crippen molar-refractivity contribution in [1.29, 1.82) is 0 Å². The topological polar surface area (TPSA) is 93.4 Å². The van der Waals surface area contributed by atoms with Crippen LogP contribution in [0.3, 0.4) is 0 Å². The molecule has 0 aliphatic carbocycles. The minimum Gasteiger partial charge on any atom is -0.348 e. The number of benzene rings is 2. The Labute approximate surface area is 161 Å². The summed E-state index contributed by atoms with van der Waals surface area (Å²) in [6.07, 6.45) is 3.18. The number of hydrogen-bond acceptors (Lipinski definition) is 5. The Morgan fingerprint density at radius 3 is 2.39 bits per heavy atom. The molecule has 0 atom stereocenters. The molecule has 28 heavy (non-hydrogen) atoms. The summed E-state index contributed by atoms with van der Waals surface area (Å²) in [6.45, 7) is 0.282. The van der Waals surface area contributed by atoms with E-state index >= 15 is 0 Å². The van der Waals surface area contributed by atoms with E-state index in [-0.39, 0.29) is 22.2 Å². The Kier molecular flexibility index (Phi) is 4.62. The summed E-state index contributed by atoms with van der Waals surface area (Å²) < 4.78 is 26.9. The van der Waals surface area contributed by atoms with Crippen molar-refractivity contribution in [3.63, 3.8) is 0 Å². The van der Waals surface area contributed by atoms with E-state index < -0.39 is 9.84 Å². The molecular formula is C20H16N4O3S. The summed E-state index contributed by atoms with van der Waals surface area (Å²) in [5, 5.41) is 10.5. The lowest BCUT2D eigenvalue weighted by atomic mass is 10.2. The molecule has 0 saturated carbocycles. The lowest BCUT2D eigenvalue weighted by Crippen LogP contribution is -2.23. The number of carbonyl (C=O) groups is 1. The number of carbonyl (C=O) groups excluding carboxylic acids is 1. The van der Waals surface area contributed by atoms with Gasteiger partial charge in [-0.3, -0.25) is 9.20 Å². The molecule has 0 spiro atoms. The molecule has 0 aliphatic heterocycles. The van der Waals surface area contributed by atoms with Gasteiger partial charge >= 0.3 is 0 Å². The van der Waals surface area contributed by atoms with E-state index in [2.05, 4.69) is 15.5 Å². The van der Waals surface area contributed by atoms with Crippen LogP contribution in [0.1, 0.15) is 15.9 Å². The van der Waals surface area contributed by atoms with Crippen molar-refractivity contribution in [3.8, 4) is 0 Å². The average molecular weight is 392 g/mol. The molecule has 0 aliphatic rings. The van der Waals surface area contributed by atoms with E-state index in [4.69, 9.17) is 0 Å². The second-order valence-corrected chi connectivity index (χ2v) is 8.11. The number of nitrogens with one attached hydrogen (secondary N) is 1. The second kappa shape index (κ2) is 7.24. The van der Waals surface area contributed by atoms with Crippen LogP contribution in [0, 0.1) is 0 Å². The highest BCUT2D eigenvalue weighted by Crippen LogP contribution is 2.20. The van der Waals surface area contributed by atoms with Crippen molar-refractivity contribution in [1.82, 2.24) is 19.9 Å². The van der Waals surface area contributed by atoms with Crippen LogP contribution in [0.5, 0.6) is 0 Å². The predicted molar refractivity (Wildman–Crippen MR) is 102 cm³/mol. The maximum Gasteiger partial charge on any atom is 0.253 e. The first kappa shape index (κ1) is 17.9. The summed E-state index contributed by atoms with van der Waals surface area (Å²) >= 11 is 0. The monoisotopic (exact) mass is 392 g/mol. The van der Waals surface area contributed by atoms with Gasteiger partial charge < -0.3 is 5.32 Å². The molecular weight excluding hydrogens is 376 g/mol. The number of fused-ring (bicyclic) bond motifs is 1. The first-order valence-corrected chi connectivity index (χ1v) is 9.99. The molecule has 140 valence electrons. The van der Waals surface area contributed by atoms with Crippen LogP contribution in [0.4, 0.5) is 0 Å². The fraction of sp³-hybridized carbons (Fsp3) is 0.0500. The third kappa shape index (κ3) is 3.49. The maximum absolute atomic E-state index is 12.6. The highest BCUT2D eigenvalue weighted by molar-refractivity contribution is 7.91. The summed E-state index contributed by atoms with van der Waals surface area (Å²) in [6, 6.07) is 18.2. The van der Waals surface area contributed by atoms with E-state index in [1.807, 2.05) is 0 Å². The zero-order chi connectivity index (χ0) is 19.6. The molecule has 2 aromatic carbocycles. The Morgan fingerprint density at radius 2 is 1.64 bits per heavy atom. The van der Waals surface area contributed by atoms with Crippen LogP contribution in [0.15, 0.2) is 89.0 Å². The molecule has 7 nitrogen and oxygen atoms in total. The molecule has 4 aromatic rings. The Balaban J connectivity index is 1.45. The number of aromatic nitrogens is 3. The number of nitrogens with zero attached hydrogens (tertiary/aromatic N) is 3. The second-order valence-electron chi connectivity index (χ2n) is 6.16. The van der Waals surface area contributed by atoms with Crippen LogP contribution < -0.4 is 5.32 Å². The molecule has 0 fully saturated rings. The molecule has 1 amide bonds. The van der Waals surface area contributed by atoms with Crippen LogP contribution in [0.25, 0.3) is 5.65 Å². The minimum absolute atomic E-state index is 0.215. The summed E-state index contributed by atoms with van der Waals surface area (Å²) in [7, 11) is -3.55. The molecule has 4 rings (SSSR count). The Bertz CT molecular complexity index is 1230. The molecule has 2 heterocycles. The Hall–Kier alpha value is -3.52. The van der Waals surface area contributed by atoms with Gasteiger partial charge in [0.15, 0.2) is 5.65 Å². The van der Waals surface area contributed by atoms with Crippen LogP contribution in [-0.2, 0) is 16.4 Å². The predicted octanol–water partition coefficient (Wildman–Crippen LogP) is 2.49. The summed E-state index contributed by atoms with van der Waals surface area (Å²) in [5.41, 5.74) is 1.94. The number of pyridine rings is 1. The third-order valence-corrected chi connectivity index (χ3v) is 6.08. The van der Waals surface area contributed by atoms with Gasteiger partial charge in [0.2, 0.25) is 9.84 Å². The smallest absolute Gasteiger partial charge is 0.253 e. The van der Waals surface area contributed by atoms with E-state index in [1.54, 1.807) is 77.3 Å². The first-order chi connectivity index (χ1) is 13.5. The lowest BCUT2D eigenvalue weighted by Gasteiger charge is -2.08. The van der Waals surface area contributed by atoms with Gasteiger partial charge in [0.05, 0.1) is 15.4 Å². The van der Waals surface area contributed by atoms with Crippen molar-refractivity contribution < 1.29 is 13.2 Å². The highest BCUT2D eigenvalue weighted by atomic mass is 32.2. The van der Waals surface area contributed by atoms with Gasteiger partial charge in [-0.2, -0.15) is 0 Å². The number of rotatable bonds is 5.